The zero-order valence-electron chi connectivity index (χ0n) is 7.66. The Bertz CT molecular complexity index is 376. The van der Waals surface area contributed by atoms with Crippen LogP contribution in [0.3, 0.4) is 0 Å². The predicted molar refractivity (Wildman–Crippen MR) is 53.1 cm³/mol. The van der Waals surface area contributed by atoms with Crippen molar-refractivity contribution in [3.63, 3.8) is 0 Å². The number of primary amides is 1. The van der Waals surface area contributed by atoms with Gasteiger partial charge in [0, 0.05) is 6.54 Å². The van der Waals surface area contributed by atoms with Gasteiger partial charge in [0.2, 0.25) is 5.91 Å². The van der Waals surface area contributed by atoms with Gasteiger partial charge in [-0.3, -0.25) is 4.79 Å². The molecule has 0 spiro atoms. The number of fused-ring (bicyclic) bond motifs is 1. The molecule has 4 N–H and O–H groups in total. The molecule has 4 nitrogen and oxygen atoms in total. The van der Waals surface area contributed by atoms with Crippen LogP contribution in [0.1, 0.15) is 17.9 Å². The van der Waals surface area contributed by atoms with E-state index in [4.69, 9.17) is 5.73 Å². The lowest BCUT2D eigenvalue weighted by atomic mass is 9.90. The second-order valence-corrected chi connectivity index (χ2v) is 3.41. The van der Waals surface area contributed by atoms with E-state index in [-0.39, 0.29) is 17.6 Å². The standard InChI is InChI=1S/C10H12N2O2/c11-10(14)7-4-5-12-9-6(7)2-1-3-8(9)13/h1-3,7,12-13H,4-5H2,(H2,11,14). The molecule has 1 aliphatic heterocycles. The lowest BCUT2D eigenvalue weighted by Gasteiger charge is -2.24. The maximum absolute atomic E-state index is 11.1. The Morgan fingerprint density at radius 3 is 3.07 bits per heavy atom. The summed E-state index contributed by atoms with van der Waals surface area (Å²) >= 11 is 0. The molecule has 74 valence electrons. The first-order valence-electron chi connectivity index (χ1n) is 4.55. The predicted octanol–water partition coefficient (Wildman–Crippen LogP) is 0.777. The Balaban J connectivity index is 2.49. The first kappa shape index (κ1) is 8.87. The van der Waals surface area contributed by atoms with Gasteiger partial charge in [-0.15, -0.1) is 0 Å². The number of para-hydroxylation sites is 1. The molecule has 0 aromatic heterocycles. The van der Waals surface area contributed by atoms with Gasteiger partial charge in [0.25, 0.3) is 0 Å². The summed E-state index contributed by atoms with van der Waals surface area (Å²) in [5, 5.41) is 12.6. The summed E-state index contributed by atoms with van der Waals surface area (Å²) in [5.74, 6) is -0.440. The van der Waals surface area contributed by atoms with E-state index >= 15 is 0 Å². The average Bonchev–Trinajstić information content (AvgIpc) is 2.17. The van der Waals surface area contributed by atoms with Crippen molar-refractivity contribution in [2.24, 2.45) is 5.73 Å². The van der Waals surface area contributed by atoms with Crippen molar-refractivity contribution >= 4 is 11.6 Å². The number of hydrogen-bond donors (Lipinski definition) is 3. The molecule has 1 aromatic rings. The highest BCUT2D eigenvalue weighted by molar-refractivity contribution is 5.85. The van der Waals surface area contributed by atoms with E-state index < -0.39 is 0 Å². The number of nitrogens with one attached hydrogen (secondary N) is 1. The van der Waals surface area contributed by atoms with Crippen molar-refractivity contribution in [2.45, 2.75) is 12.3 Å². The molecule has 0 radical (unpaired) electrons. The van der Waals surface area contributed by atoms with E-state index in [0.717, 1.165) is 5.56 Å². The number of carbonyl (C=O) groups is 1. The Hall–Kier alpha value is -1.71. The topological polar surface area (TPSA) is 75.4 Å². The van der Waals surface area contributed by atoms with Gasteiger partial charge < -0.3 is 16.2 Å². The molecule has 1 aromatic carbocycles. The molecule has 0 saturated carbocycles. The molecule has 14 heavy (non-hydrogen) atoms. The van der Waals surface area contributed by atoms with Gasteiger partial charge in [0.05, 0.1) is 11.6 Å². The minimum Gasteiger partial charge on any atom is -0.506 e. The van der Waals surface area contributed by atoms with Crippen LogP contribution in [0.25, 0.3) is 0 Å². The summed E-state index contributed by atoms with van der Waals surface area (Å²) in [6, 6.07) is 5.13. The van der Waals surface area contributed by atoms with Crippen molar-refractivity contribution in [1.82, 2.24) is 0 Å². The van der Waals surface area contributed by atoms with Crippen molar-refractivity contribution in [1.29, 1.82) is 0 Å². The average molecular weight is 192 g/mol. The first-order valence-corrected chi connectivity index (χ1v) is 4.55. The van der Waals surface area contributed by atoms with Gasteiger partial charge in [-0.2, -0.15) is 0 Å². The lowest BCUT2D eigenvalue weighted by Crippen LogP contribution is -2.27. The van der Waals surface area contributed by atoms with Gasteiger partial charge in [-0.1, -0.05) is 12.1 Å². The fourth-order valence-corrected chi connectivity index (χ4v) is 1.83. The van der Waals surface area contributed by atoms with Crippen LogP contribution in [-0.2, 0) is 4.79 Å². The van der Waals surface area contributed by atoms with Crippen LogP contribution >= 0.6 is 0 Å². The summed E-state index contributed by atoms with van der Waals surface area (Å²) in [6.45, 7) is 0.665. The first-order chi connectivity index (χ1) is 6.70. The Morgan fingerprint density at radius 2 is 2.36 bits per heavy atom. The number of nitrogens with two attached hydrogens (primary N) is 1. The normalized spacial score (nSPS) is 19.6. The quantitative estimate of drug-likeness (QED) is 0.575. The number of anilines is 1. The number of amides is 1. The molecule has 0 saturated heterocycles. The summed E-state index contributed by atoms with van der Waals surface area (Å²) < 4.78 is 0. The van der Waals surface area contributed by atoms with E-state index in [2.05, 4.69) is 5.32 Å². The van der Waals surface area contributed by atoms with Crippen LogP contribution < -0.4 is 11.1 Å². The van der Waals surface area contributed by atoms with Crippen molar-refractivity contribution in [2.75, 3.05) is 11.9 Å². The van der Waals surface area contributed by atoms with Crippen LogP contribution in [0.2, 0.25) is 0 Å². The van der Waals surface area contributed by atoms with Gasteiger partial charge in [-0.05, 0) is 18.1 Å². The zero-order chi connectivity index (χ0) is 10.1. The van der Waals surface area contributed by atoms with Crippen molar-refractivity contribution < 1.29 is 9.90 Å². The largest absolute Gasteiger partial charge is 0.506 e. The SMILES string of the molecule is NC(=O)C1CCNc2c(O)cccc21. The van der Waals surface area contributed by atoms with E-state index in [1.807, 2.05) is 6.07 Å². The highest BCUT2D eigenvalue weighted by Gasteiger charge is 2.25. The monoisotopic (exact) mass is 192 g/mol. The molecule has 4 heteroatoms. The van der Waals surface area contributed by atoms with Crippen molar-refractivity contribution in [3.05, 3.63) is 23.8 Å². The number of hydrogen-bond acceptors (Lipinski definition) is 3. The minimum atomic E-state index is -0.335. The number of aromatic hydroxyl groups is 1. The van der Waals surface area contributed by atoms with Crippen LogP contribution in [0.4, 0.5) is 5.69 Å². The molecular formula is C10H12N2O2. The smallest absolute Gasteiger partial charge is 0.225 e. The molecule has 1 heterocycles. The number of phenolic OH excluding ortho intramolecular Hbond substituents is 1. The lowest BCUT2D eigenvalue weighted by molar-refractivity contribution is -0.119. The van der Waals surface area contributed by atoms with Crippen LogP contribution in [0.5, 0.6) is 5.75 Å². The highest BCUT2D eigenvalue weighted by Crippen LogP contribution is 2.36. The number of phenols is 1. The molecular weight excluding hydrogens is 180 g/mol. The molecule has 0 aliphatic carbocycles. The summed E-state index contributed by atoms with van der Waals surface area (Å²) in [6.07, 6.45) is 0.686. The molecule has 1 amide bonds. The summed E-state index contributed by atoms with van der Waals surface area (Å²) in [4.78, 5) is 11.1. The fraction of sp³-hybridized carbons (Fsp3) is 0.300. The van der Waals surface area contributed by atoms with Gasteiger partial charge in [0.15, 0.2) is 0 Å². The zero-order valence-corrected chi connectivity index (χ0v) is 7.66. The van der Waals surface area contributed by atoms with E-state index in [1.165, 1.54) is 0 Å². The molecule has 2 rings (SSSR count). The van der Waals surface area contributed by atoms with Gasteiger partial charge >= 0.3 is 0 Å². The van der Waals surface area contributed by atoms with Crippen LogP contribution in [0, 0.1) is 0 Å². The molecule has 0 fully saturated rings. The van der Waals surface area contributed by atoms with E-state index in [1.54, 1.807) is 12.1 Å². The number of carbonyl (C=O) groups excluding carboxylic acids is 1. The van der Waals surface area contributed by atoms with E-state index in [9.17, 15) is 9.90 Å². The minimum absolute atomic E-state index is 0.174. The maximum Gasteiger partial charge on any atom is 0.225 e. The van der Waals surface area contributed by atoms with E-state index in [0.29, 0.717) is 18.7 Å². The summed E-state index contributed by atoms with van der Waals surface area (Å²) in [7, 11) is 0. The Labute approximate surface area is 81.7 Å². The van der Waals surface area contributed by atoms with Crippen molar-refractivity contribution in [3.8, 4) is 5.75 Å². The maximum atomic E-state index is 11.1. The second-order valence-electron chi connectivity index (χ2n) is 3.41. The summed E-state index contributed by atoms with van der Waals surface area (Å²) in [5.41, 5.74) is 6.72. The third kappa shape index (κ3) is 1.28. The van der Waals surface area contributed by atoms with Crippen LogP contribution in [-0.4, -0.2) is 17.6 Å². The Kier molecular flexibility index (Phi) is 2.04. The third-order valence-corrected chi connectivity index (χ3v) is 2.53. The van der Waals surface area contributed by atoms with Crippen LogP contribution in [0.15, 0.2) is 18.2 Å². The highest BCUT2D eigenvalue weighted by atomic mass is 16.3. The second kappa shape index (κ2) is 3.21. The van der Waals surface area contributed by atoms with Gasteiger partial charge in [-0.25, -0.2) is 0 Å². The van der Waals surface area contributed by atoms with Gasteiger partial charge in [0.1, 0.15) is 5.75 Å². The fourth-order valence-electron chi connectivity index (χ4n) is 1.83. The molecule has 1 aliphatic rings. The Morgan fingerprint density at radius 1 is 1.57 bits per heavy atom. The number of benzene rings is 1. The molecule has 1 atom stereocenters. The molecule has 0 bridgehead atoms. The molecule has 1 unspecified atom stereocenters. The third-order valence-electron chi connectivity index (χ3n) is 2.53. The number of rotatable bonds is 1.